The van der Waals surface area contributed by atoms with E-state index in [1.807, 2.05) is 0 Å². The van der Waals surface area contributed by atoms with Crippen LogP contribution in [0.1, 0.15) is 62.5 Å². The molecule has 2 atom stereocenters. The topological polar surface area (TPSA) is 35.9 Å². The van der Waals surface area contributed by atoms with E-state index in [1.165, 1.54) is 30.4 Å². The molecule has 1 aliphatic rings. The van der Waals surface area contributed by atoms with E-state index in [9.17, 15) is 5.11 Å². The Labute approximate surface area is 201 Å². The van der Waals surface area contributed by atoms with Gasteiger partial charge in [0.15, 0.2) is 0 Å². The van der Waals surface area contributed by atoms with Crippen LogP contribution in [0.5, 0.6) is 5.75 Å². The van der Waals surface area contributed by atoms with E-state index in [4.69, 9.17) is 4.74 Å². The lowest BCUT2D eigenvalue weighted by Crippen LogP contribution is -2.46. The molecule has 0 bridgehead atoms. The predicted molar refractivity (Wildman–Crippen MR) is 138 cm³/mol. The first-order valence-electron chi connectivity index (χ1n) is 13.0. The van der Waals surface area contributed by atoms with Crippen molar-refractivity contribution < 1.29 is 9.84 Å². The molecule has 2 aromatic rings. The number of aliphatic hydroxyl groups is 1. The van der Waals surface area contributed by atoms with Crippen molar-refractivity contribution >= 4 is 0 Å². The molecule has 3 rings (SSSR count). The zero-order valence-electron chi connectivity index (χ0n) is 20.8. The molecule has 0 saturated carbocycles. The van der Waals surface area contributed by atoms with Gasteiger partial charge in [0.1, 0.15) is 5.75 Å². The second-order valence-corrected chi connectivity index (χ2v) is 9.63. The summed E-state index contributed by atoms with van der Waals surface area (Å²) in [4.78, 5) is 4.91. The highest BCUT2D eigenvalue weighted by atomic mass is 16.5. The molecule has 0 radical (unpaired) electrons. The number of aliphatic hydroxyl groups excluding tert-OH is 1. The first-order valence-corrected chi connectivity index (χ1v) is 13.0. The van der Waals surface area contributed by atoms with Gasteiger partial charge in [0, 0.05) is 38.6 Å². The minimum absolute atomic E-state index is 0.155. The zero-order valence-corrected chi connectivity index (χ0v) is 20.8. The zero-order chi connectivity index (χ0) is 23.3. The normalized spacial score (nSPS) is 17.1. The third-order valence-electron chi connectivity index (χ3n) is 6.90. The molecule has 4 nitrogen and oxygen atoms in total. The summed E-state index contributed by atoms with van der Waals surface area (Å²) in [6.07, 6.45) is 7.45. The Bertz CT molecular complexity index is 757. The summed E-state index contributed by atoms with van der Waals surface area (Å²) in [6.45, 7) is 8.26. The first-order chi connectivity index (χ1) is 16.2. The smallest absolute Gasteiger partial charge is 0.119 e. The highest BCUT2D eigenvalue weighted by Gasteiger charge is 2.25. The van der Waals surface area contributed by atoms with Crippen LogP contribution in [-0.4, -0.2) is 67.4 Å². The Morgan fingerprint density at radius 1 is 0.879 bits per heavy atom. The van der Waals surface area contributed by atoms with Crippen LogP contribution in [-0.2, 0) is 6.42 Å². The van der Waals surface area contributed by atoms with Crippen molar-refractivity contribution in [1.29, 1.82) is 0 Å². The van der Waals surface area contributed by atoms with E-state index in [0.29, 0.717) is 0 Å². The Hall–Kier alpha value is -1.88. The van der Waals surface area contributed by atoms with Gasteiger partial charge in [-0.3, -0.25) is 0 Å². The van der Waals surface area contributed by atoms with E-state index in [1.54, 1.807) is 0 Å². The van der Waals surface area contributed by atoms with E-state index in [0.717, 1.165) is 70.8 Å². The number of unbranched alkanes of at least 4 members (excludes halogenated alkanes) is 3. The molecule has 1 N–H and O–H groups in total. The van der Waals surface area contributed by atoms with Gasteiger partial charge < -0.3 is 19.6 Å². The maximum Gasteiger partial charge on any atom is 0.119 e. The Kier molecular flexibility index (Phi) is 11.2. The minimum atomic E-state index is -0.292. The van der Waals surface area contributed by atoms with Gasteiger partial charge in [0.2, 0.25) is 0 Å². The molecule has 1 fully saturated rings. The number of nitrogens with zero attached hydrogens (tertiary/aromatic N) is 2. The second kappa shape index (κ2) is 14.4. The molecular weight excluding hydrogens is 408 g/mol. The van der Waals surface area contributed by atoms with Crippen molar-refractivity contribution in [2.45, 2.75) is 63.9 Å². The van der Waals surface area contributed by atoms with Gasteiger partial charge in [-0.2, -0.15) is 0 Å². The lowest BCUT2D eigenvalue weighted by Gasteiger charge is -2.36. The lowest BCUT2D eigenvalue weighted by atomic mass is 9.89. The van der Waals surface area contributed by atoms with Gasteiger partial charge in [0.05, 0.1) is 12.7 Å². The number of ether oxygens (including phenoxy) is 1. The molecule has 1 saturated heterocycles. The van der Waals surface area contributed by atoms with E-state index < -0.39 is 0 Å². The summed E-state index contributed by atoms with van der Waals surface area (Å²) < 4.78 is 6.00. The number of likely N-dealkylation sites (N-methyl/N-ethyl adjacent to an activating group) is 1. The van der Waals surface area contributed by atoms with E-state index in [2.05, 4.69) is 78.4 Å². The minimum Gasteiger partial charge on any atom is -0.494 e. The number of piperazine rings is 1. The lowest BCUT2D eigenvalue weighted by molar-refractivity contribution is 0.0863. The van der Waals surface area contributed by atoms with Gasteiger partial charge >= 0.3 is 0 Å². The molecule has 1 aliphatic heterocycles. The van der Waals surface area contributed by atoms with Crippen LogP contribution in [0.15, 0.2) is 54.6 Å². The molecule has 0 amide bonds. The van der Waals surface area contributed by atoms with Crippen molar-refractivity contribution in [1.82, 2.24) is 9.80 Å². The summed E-state index contributed by atoms with van der Waals surface area (Å²) in [5, 5.41) is 11.1. The third-order valence-corrected chi connectivity index (χ3v) is 6.90. The van der Waals surface area contributed by atoms with Crippen LogP contribution >= 0.6 is 0 Å². The van der Waals surface area contributed by atoms with Gasteiger partial charge in [-0.1, -0.05) is 75.1 Å². The molecule has 33 heavy (non-hydrogen) atoms. The molecule has 0 aromatic heterocycles. The average molecular weight is 453 g/mol. The molecule has 0 spiro atoms. The van der Waals surface area contributed by atoms with Crippen LogP contribution in [0.3, 0.4) is 0 Å². The van der Waals surface area contributed by atoms with E-state index in [-0.39, 0.29) is 12.0 Å². The van der Waals surface area contributed by atoms with Crippen molar-refractivity contribution in [2.24, 2.45) is 0 Å². The number of benzene rings is 2. The van der Waals surface area contributed by atoms with Gasteiger partial charge in [-0.25, -0.2) is 0 Å². The number of hydrogen-bond donors (Lipinski definition) is 1. The van der Waals surface area contributed by atoms with Crippen molar-refractivity contribution in [2.75, 3.05) is 46.4 Å². The van der Waals surface area contributed by atoms with Crippen LogP contribution in [0.25, 0.3) is 0 Å². The summed E-state index contributed by atoms with van der Waals surface area (Å²) in [5.41, 5.74) is 2.59. The predicted octanol–water partition coefficient (Wildman–Crippen LogP) is 5.36. The molecule has 2 aromatic carbocycles. The number of hydrogen-bond acceptors (Lipinski definition) is 4. The van der Waals surface area contributed by atoms with Gasteiger partial charge in [-0.15, -0.1) is 0 Å². The van der Waals surface area contributed by atoms with Crippen LogP contribution in [0, 0.1) is 0 Å². The average Bonchev–Trinajstić information content (AvgIpc) is 2.85. The summed E-state index contributed by atoms with van der Waals surface area (Å²) in [7, 11) is 2.19. The van der Waals surface area contributed by atoms with E-state index >= 15 is 0 Å². The fourth-order valence-electron chi connectivity index (χ4n) is 4.66. The molecular formula is C29H44N2O2. The largest absolute Gasteiger partial charge is 0.494 e. The molecule has 182 valence electrons. The molecule has 1 heterocycles. The monoisotopic (exact) mass is 452 g/mol. The highest BCUT2D eigenvalue weighted by Crippen LogP contribution is 2.27. The maximum absolute atomic E-state index is 11.1. The van der Waals surface area contributed by atoms with Gasteiger partial charge in [0.25, 0.3) is 0 Å². The Balaban J connectivity index is 1.54. The molecule has 4 heteroatoms. The Morgan fingerprint density at radius 2 is 1.61 bits per heavy atom. The summed E-state index contributed by atoms with van der Waals surface area (Å²) in [5.74, 6) is 1.07. The summed E-state index contributed by atoms with van der Waals surface area (Å²) >= 11 is 0. The van der Waals surface area contributed by atoms with Crippen LogP contribution in [0.2, 0.25) is 0 Å². The maximum atomic E-state index is 11.1. The third kappa shape index (κ3) is 9.11. The van der Waals surface area contributed by atoms with Crippen molar-refractivity contribution in [3.63, 3.8) is 0 Å². The molecule has 2 unspecified atom stereocenters. The number of aryl methyl sites for hydroxylation is 1. The second-order valence-electron chi connectivity index (χ2n) is 9.63. The van der Waals surface area contributed by atoms with Crippen molar-refractivity contribution in [3.05, 3.63) is 65.7 Å². The first kappa shape index (κ1) is 25.7. The molecule has 0 aliphatic carbocycles. The van der Waals surface area contributed by atoms with Crippen LogP contribution < -0.4 is 4.74 Å². The number of rotatable bonds is 14. The fraction of sp³-hybridized carbons (Fsp3) is 0.586. The van der Waals surface area contributed by atoms with Gasteiger partial charge in [-0.05, 0) is 49.6 Å². The Morgan fingerprint density at radius 3 is 2.30 bits per heavy atom. The summed E-state index contributed by atoms with van der Waals surface area (Å²) in [6, 6.07) is 19.1. The quantitative estimate of drug-likeness (QED) is 0.392. The van der Waals surface area contributed by atoms with Crippen LogP contribution in [0.4, 0.5) is 0 Å². The highest BCUT2D eigenvalue weighted by molar-refractivity contribution is 5.30. The standard InChI is InChI=1S/C29H44N2O2/c1-3-4-5-9-14-29(32)28(24-31-21-19-30(2)20-22-31)26-15-17-27(18-16-26)33-23-10-13-25-11-7-6-8-12-25/h6-8,11-12,15-18,28-29,32H,3-5,9-10,13-14,19-24H2,1-2H3. The SMILES string of the molecule is CCCCCCC(O)C(CN1CCN(C)CC1)c1ccc(OCCCc2ccccc2)cc1. The van der Waals surface area contributed by atoms with Crippen molar-refractivity contribution in [3.8, 4) is 5.75 Å². The fourth-order valence-corrected chi connectivity index (χ4v) is 4.66.